The molecule has 7 heteroatoms. The monoisotopic (exact) mass is 318 g/mol. The zero-order valence-electron chi connectivity index (χ0n) is 13.8. The van der Waals surface area contributed by atoms with E-state index in [1.165, 1.54) is 6.42 Å². The van der Waals surface area contributed by atoms with Gasteiger partial charge < -0.3 is 14.8 Å². The van der Waals surface area contributed by atoms with Gasteiger partial charge >= 0.3 is 5.97 Å². The molecule has 124 valence electrons. The Kier molecular flexibility index (Phi) is 4.21. The maximum Gasteiger partial charge on any atom is 0.341 e. The summed E-state index contributed by atoms with van der Waals surface area (Å²) in [6, 6.07) is 0. The van der Waals surface area contributed by atoms with E-state index in [1.807, 2.05) is 7.05 Å². The average molecular weight is 318 g/mol. The Hall–Kier alpha value is -2.15. The molecule has 2 aromatic heterocycles. The van der Waals surface area contributed by atoms with Crippen molar-refractivity contribution in [3.63, 3.8) is 0 Å². The molecule has 23 heavy (non-hydrogen) atoms. The number of hydrogen-bond acceptors (Lipinski definition) is 6. The fourth-order valence-corrected chi connectivity index (χ4v) is 2.92. The van der Waals surface area contributed by atoms with Crippen LogP contribution in [0.4, 0.5) is 5.69 Å². The van der Waals surface area contributed by atoms with E-state index < -0.39 is 0 Å². The lowest BCUT2D eigenvalue weighted by atomic mass is 9.80. The maximum atomic E-state index is 12.2. The first-order chi connectivity index (χ1) is 11.1. The summed E-state index contributed by atoms with van der Waals surface area (Å²) in [5.74, 6) is -0.381. The van der Waals surface area contributed by atoms with E-state index in [2.05, 4.69) is 15.4 Å². The van der Waals surface area contributed by atoms with Crippen LogP contribution in [0.1, 0.15) is 36.5 Å². The van der Waals surface area contributed by atoms with E-state index in [9.17, 15) is 4.79 Å². The highest BCUT2D eigenvalue weighted by Gasteiger charge is 2.37. The number of aromatic nitrogens is 3. The highest BCUT2D eigenvalue weighted by molar-refractivity contribution is 6.04. The fraction of sp³-hybridized carbons (Fsp3) is 0.562. The Bertz CT molecular complexity index is 716. The molecule has 0 aliphatic heterocycles. The molecule has 0 saturated heterocycles. The number of carbonyl (C=O) groups is 1. The van der Waals surface area contributed by atoms with Crippen molar-refractivity contribution in [1.29, 1.82) is 0 Å². The predicted octanol–water partition coefficient (Wildman–Crippen LogP) is 2.13. The van der Waals surface area contributed by atoms with Crippen molar-refractivity contribution < 1.29 is 14.3 Å². The Morgan fingerprint density at radius 1 is 1.43 bits per heavy atom. The van der Waals surface area contributed by atoms with Gasteiger partial charge in [-0.3, -0.25) is 4.68 Å². The number of aryl methyl sites for hydroxylation is 1. The van der Waals surface area contributed by atoms with Crippen LogP contribution < -0.4 is 5.32 Å². The SMILES string of the molecule is CCOC(=O)c1cnc2c(cnn2C)c1NCC1(OC)CCC1. The van der Waals surface area contributed by atoms with Gasteiger partial charge in [0.15, 0.2) is 5.65 Å². The van der Waals surface area contributed by atoms with Crippen molar-refractivity contribution in [3.05, 3.63) is 18.0 Å². The lowest BCUT2D eigenvalue weighted by Crippen LogP contribution is -2.45. The summed E-state index contributed by atoms with van der Waals surface area (Å²) in [6.45, 7) is 2.75. The summed E-state index contributed by atoms with van der Waals surface area (Å²) in [6.07, 6.45) is 6.47. The topological polar surface area (TPSA) is 78.3 Å². The highest BCUT2D eigenvalue weighted by atomic mass is 16.5. The van der Waals surface area contributed by atoms with Gasteiger partial charge in [0.05, 0.1) is 29.5 Å². The van der Waals surface area contributed by atoms with Crippen LogP contribution >= 0.6 is 0 Å². The molecule has 1 aliphatic carbocycles. The molecule has 0 amide bonds. The van der Waals surface area contributed by atoms with Gasteiger partial charge in [-0.15, -0.1) is 0 Å². The van der Waals surface area contributed by atoms with Crippen LogP contribution in [0.25, 0.3) is 11.0 Å². The highest BCUT2D eigenvalue weighted by Crippen LogP contribution is 2.36. The molecule has 1 N–H and O–H groups in total. The third-order valence-electron chi connectivity index (χ3n) is 4.54. The first-order valence-electron chi connectivity index (χ1n) is 7.87. The summed E-state index contributed by atoms with van der Waals surface area (Å²) in [5.41, 5.74) is 1.72. The van der Waals surface area contributed by atoms with E-state index in [0.29, 0.717) is 24.4 Å². The minimum atomic E-state index is -0.381. The van der Waals surface area contributed by atoms with E-state index in [4.69, 9.17) is 9.47 Å². The number of ether oxygens (including phenoxy) is 2. The number of pyridine rings is 1. The average Bonchev–Trinajstić information content (AvgIpc) is 2.88. The maximum absolute atomic E-state index is 12.2. The van der Waals surface area contributed by atoms with Gasteiger partial charge in [0, 0.05) is 26.9 Å². The molecule has 7 nitrogen and oxygen atoms in total. The number of hydrogen-bond donors (Lipinski definition) is 1. The third kappa shape index (κ3) is 2.76. The molecule has 2 heterocycles. The molecule has 0 radical (unpaired) electrons. The first kappa shape index (κ1) is 15.7. The second kappa shape index (κ2) is 6.16. The molecule has 3 rings (SSSR count). The van der Waals surface area contributed by atoms with Gasteiger partial charge in [-0.2, -0.15) is 5.10 Å². The van der Waals surface area contributed by atoms with E-state index >= 15 is 0 Å². The standard InChI is InChI=1S/C16H22N4O3/c1-4-23-15(21)12-8-17-14-11(9-19-20(14)2)13(12)18-10-16(22-3)6-5-7-16/h8-9H,4-7,10H2,1-3H3,(H,17,18). The van der Waals surface area contributed by atoms with Crippen molar-refractivity contribution in [3.8, 4) is 0 Å². The summed E-state index contributed by atoms with van der Waals surface area (Å²) in [4.78, 5) is 16.6. The van der Waals surface area contributed by atoms with E-state index in [0.717, 1.165) is 23.9 Å². The van der Waals surface area contributed by atoms with Gasteiger partial charge in [0.2, 0.25) is 0 Å². The fourth-order valence-electron chi connectivity index (χ4n) is 2.92. The molecule has 2 aromatic rings. The number of methoxy groups -OCH3 is 1. The molecular formula is C16H22N4O3. The predicted molar refractivity (Wildman–Crippen MR) is 86.5 cm³/mol. The number of esters is 1. The summed E-state index contributed by atoms with van der Waals surface area (Å²) in [5, 5.41) is 8.42. The molecule has 0 spiro atoms. The Morgan fingerprint density at radius 2 is 2.22 bits per heavy atom. The molecule has 0 bridgehead atoms. The van der Waals surface area contributed by atoms with Crippen molar-refractivity contribution in [2.45, 2.75) is 31.8 Å². The Morgan fingerprint density at radius 3 is 2.83 bits per heavy atom. The molecule has 0 unspecified atom stereocenters. The van der Waals surface area contributed by atoms with Crippen LogP contribution in [0.15, 0.2) is 12.4 Å². The number of fused-ring (bicyclic) bond motifs is 1. The molecule has 0 aromatic carbocycles. The molecule has 1 aliphatic rings. The van der Waals surface area contributed by atoms with Gasteiger partial charge in [-0.1, -0.05) is 0 Å². The van der Waals surface area contributed by atoms with Crippen LogP contribution in [0.2, 0.25) is 0 Å². The minimum Gasteiger partial charge on any atom is -0.462 e. The second-order valence-corrected chi connectivity index (χ2v) is 5.87. The van der Waals surface area contributed by atoms with Crippen LogP contribution in [0.3, 0.4) is 0 Å². The lowest BCUT2D eigenvalue weighted by Gasteiger charge is -2.40. The minimum absolute atomic E-state index is 0.149. The van der Waals surface area contributed by atoms with Gasteiger partial charge in [0.25, 0.3) is 0 Å². The molecule has 1 fully saturated rings. The number of rotatable bonds is 6. The zero-order valence-corrected chi connectivity index (χ0v) is 13.8. The van der Waals surface area contributed by atoms with Crippen molar-refractivity contribution >= 4 is 22.7 Å². The van der Waals surface area contributed by atoms with Crippen LogP contribution in [-0.2, 0) is 16.5 Å². The van der Waals surface area contributed by atoms with Gasteiger partial charge in [-0.05, 0) is 26.2 Å². The normalized spacial score (nSPS) is 16.1. The molecular weight excluding hydrogens is 296 g/mol. The lowest BCUT2D eigenvalue weighted by molar-refractivity contribution is -0.0601. The number of nitrogens with zero attached hydrogens (tertiary/aromatic N) is 3. The number of anilines is 1. The van der Waals surface area contributed by atoms with Crippen LogP contribution in [0.5, 0.6) is 0 Å². The first-order valence-corrected chi connectivity index (χ1v) is 7.87. The Balaban J connectivity index is 1.97. The third-order valence-corrected chi connectivity index (χ3v) is 4.54. The molecule has 0 atom stereocenters. The largest absolute Gasteiger partial charge is 0.462 e. The molecule has 1 saturated carbocycles. The Labute approximate surface area is 135 Å². The van der Waals surface area contributed by atoms with E-state index in [1.54, 1.807) is 31.1 Å². The summed E-state index contributed by atoms with van der Waals surface area (Å²) < 4.78 is 12.5. The zero-order chi connectivity index (χ0) is 16.4. The second-order valence-electron chi connectivity index (χ2n) is 5.87. The summed E-state index contributed by atoms with van der Waals surface area (Å²) in [7, 11) is 3.56. The number of nitrogens with one attached hydrogen (secondary N) is 1. The summed E-state index contributed by atoms with van der Waals surface area (Å²) >= 11 is 0. The quantitative estimate of drug-likeness (QED) is 0.822. The number of carbonyl (C=O) groups excluding carboxylic acids is 1. The van der Waals surface area contributed by atoms with Crippen LogP contribution in [0, 0.1) is 0 Å². The van der Waals surface area contributed by atoms with Crippen molar-refractivity contribution in [1.82, 2.24) is 14.8 Å². The van der Waals surface area contributed by atoms with Gasteiger partial charge in [0.1, 0.15) is 5.56 Å². The van der Waals surface area contributed by atoms with Gasteiger partial charge in [-0.25, -0.2) is 9.78 Å². The smallest absolute Gasteiger partial charge is 0.341 e. The van der Waals surface area contributed by atoms with Crippen molar-refractivity contribution in [2.24, 2.45) is 7.05 Å². The van der Waals surface area contributed by atoms with E-state index in [-0.39, 0.29) is 11.6 Å². The van der Waals surface area contributed by atoms with Crippen molar-refractivity contribution in [2.75, 3.05) is 25.6 Å². The van der Waals surface area contributed by atoms with Crippen LogP contribution in [-0.4, -0.2) is 46.6 Å².